The van der Waals surface area contributed by atoms with E-state index in [0.29, 0.717) is 23.5 Å². The van der Waals surface area contributed by atoms with E-state index in [1.807, 2.05) is 30.3 Å². The fourth-order valence-electron chi connectivity index (χ4n) is 1.97. The predicted octanol–water partition coefficient (Wildman–Crippen LogP) is 2.72. The fourth-order valence-corrected chi connectivity index (χ4v) is 2.06. The summed E-state index contributed by atoms with van der Waals surface area (Å²) in [4.78, 5) is 14.6. The molecule has 2 rings (SSSR count). The molecule has 0 atom stereocenters. The van der Waals surface area contributed by atoms with E-state index in [-0.39, 0.29) is 11.7 Å². The molecular weight excluding hydrogens is 284 g/mol. The molecule has 0 unspecified atom stereocenters. The van der Waals surface area contributed by atoms with Gasteiger partial charge in [-0.2, -0.15) is 0 Å². The van der Waals surface area contributed by atoms with E-state index < -0.39 is 0 Å². The molecule has 2 aromatic rings. The van der Waals surface area contributed by atoms with E-state index >= 15 is 0 Å². The number of rotatable bonds is 5. The highest BCUT2D eigenvalue weighted by Crippen LogP contribution is 2.19. The van der Waals surface area contributed by atoms with E-state index in [0.717, 1.165) is 5.69 Å². The van der Waals surface area contributed by atoms with Crippen molar-refractivity contribution in [3.63, 3.8) is 0 Å². The minimum absolute atomic E-state index is 0.0585. The van der Waals surface area contributed by atoms with Gasteiger partial charge < -0.3 is 15.7 Å². The molecule has 0 saturated carbocycles. The zero-order valence-electron chi connectivity index (χ0n) is 11.4. The summed E-state index contributed by atoms with van der Waals surface area (Å²) in [5, 5.41) is 9.52. The van der Waals surface area contributed by atoms with Crippen molar-refractivity contribution in [2.75, 3.05) is 11.4 Å². The quantitative estimate of drug-likeness (QED) is 0.833. The number of nitrogens with zero attached hydrogens (tertiary/aromatic N) is 1. The lowest BCUT2D eigenvalue weighted by Gasteiger charge is -2.23. The van der Waals surface area contributed by atoms with Gasteiger partial charge in [0.05, 0.1) is 4.99 Å². The molecule has 5 heteroatoms. The molecule has 4 nitrogen and oxygen atoms in total. The fraction of sp³-hybridized carbons (Fsp3) is 0.125. The number of amides is 1. The van der Waals surface area contributed by atoms with E-state index in [1.165, 1.54) is 12.1 Å². The average Bonchev–Trinajstić information content (AvgIpc) is 2.48. The average molecular weight is 300 g/mol. The number of phenolic OH excluding ortho intramolecular Hbond substituents is 1. The Hall–Kier alpha value is -2.40. The van der Waals surface area contributed by atoms with Crippen LogP contribution in [0.15, 0.2) is 54.6 Å². The predicted molar refractivity (Wildman–Crippen MR) is 87.6 cm³/mol. The van der Waals surface area contributed by atoms with Crippen LogP contribution in [0.3, 0.4) is 0 Å². The lowest BCUT2D eigenvalue weighted by atomic mass is 10.1. The first-order valence-corrected chi connectivity index (χ1v) is 6.93. The van der Waals surface area contributed by atoms with Crippen LogP contribution in [-0.4, -0.2) is 22.5 Å². The minimum atomic E-state index is -0.201. The smallest absolute Gasteiger partial charge is 0.258 e. The number of thiocarbonyl (C=S) groups is 1. The zero-order valence-corrected chi connectivity index (χ0v) is 12.2. The van der Waals surface area contributed by atoms with Crippen LogP contribution in [0, 0.1) is 0 Å². The molecule has 108 valence electrons. The summed E-state index contributed by atoms with van der Waals surface area (Å²) < 4.78 is 0. The van der Waals surface area contributed by atoms with Crippen LogP contribution >= 0.6 is 12.2 Å². The highest BCUT2D eigenvalue weighted by molar-refractivity contribution is 7.80. The van der Waals surface area contributed by atoms with Crippen molar-refractivity contribution in [1.29, 1.82) is 0 Å². The summed E-state index contributed by atoms with van der Waals surface area (Å²) in [6.07, 6.45) is 0.439. The van der Waals surface area contributed by atoms with Crippen molar-refractivity contribution in [3.8, 4) is 5.75 Å². The Bertz CT molecular complexity index is 644. The van der Waals surface area contributed by atoms with Crippen LogP contribution in [0.2, 0.25) is 0 Å². The topological polar surface area (TPSA) is 66.6 Å². The van der Waals surface area contributed by atoms with Gasteiger partial charge in [-0.1, -0.05) is 36.5 Å². The second kappa shape index (κ2) is 6.85. The maximum Gasteiger partial charge on any atom is 0.258 e. The van der Waals surface area contributed by atoms with Crippen molar-refractivity contribution in [2.45, 2.75) is 6.42 Å². The largest absolute Gasteiger partial charge is 0.508 e. The Kier molecular flexibility index (Phi) is 4.90. The highest BCUT2D eigenvalue weighted by atomic mass is 32.1. The minimum Gasteiger partial charge on any atom is -0.508 e. The molecule has 0 aliphatic carbocycles. The van der Waals surface area contributed by atoms with Crippen LogP contribution in [-0.2, 0) is 0 Å². The van der Waals surface area contributed by atoms with E-state index in [4.69, 9.17) is 18.0 Å². The van der Waals surface area contributed by atoms with Crippen molar-refractivity contribution in [1.82, 2.24) is 0 Å². The number of para-hydroxylation sites is 1. The van der Waals surface area contributed by atoms with Gasteiger partial charge in [-0.25, -0.2) is 0 Å². The molecular formula is C16H16N2O2S. The summed E-state index contributed by atoms with van der Waals surface area (Å²) >= 11 is 4.89. The van der Waals surface area contributed by atoms with Crippen LogP contribution in [0.4, 0.5) is 5.69 Å². The van der Waals surface area contributed by atoms with E-state index in [1.54, 1.807) is 17.0 Å². The normalized spacial score (nSPS) is 10.1. The Labute approximate surface area is 128 Å². The lowest BCUT2D eigenvalue weighted by Crippen LogP contribution is -2.33. The van der Waals surface area contributed by atoms with Gasteiger partial charge in [0, 0.05) is 24.2 Å². The van der Waals surface area contributed by atoms with Gasteiger partial charge in [-0.05, 0) is 30.3 Å². The summed E-state index contributed by atoms with van der Waals surface area (Å²) in [7, 11) is 0. The molecule has 0 aliphatic heterocycles. The molecule has 0 spiro atoms. The first kappa shape index (κ1) is 15.0. The first-order valence-electron chi connectivity index (χ1n) is 6.52. The molecule has 2 aromatic carbocycles. The third kappa shape index (κ3) is 4.03. The molecule has 0 radical (unpaired) electrons. The SMILES string of the molecule is NC(=S)CCN(C(=O)c1cccc(O)c1)c1ccccc1. The molecule has 21 heavy (non-hydrogen) atoms. The third-order valence-corrected chi connectivity index (χ3v) is 3.19. The Morgan fingerprint density at radius 3 is 2.48 bits per heavy atom. The summed E-state index contributed by atoms with van der Waals surface area (Å²) in [5.41, 5.74) is 6.72. The highest BCUT2D eigenvalue weighted by Gasteiger charge is 2.17. The van der Waals surface area contributed by atoms with Crippen LogP contribution in [0.1, 0.15) is 16.8 Å². The van der Waals surface area contributed by atoms with Crippen molar-refractivity contribution in [3.05, 3.63) is 60.2 Å². The van der Waals surface area contributed by atoms with Crippen LogP contribution < -0.4 is 10.6 Å². The van der Waals surface area contributed by atoms with Gasteiger partial charge in [-0.3, -0.25) is 4.79 Å². The molecule has 1 amide bonds. The van der Waals surface area contributed by atoms with Gasteiger partial charge in [-0.15, -0.1) is 0 Å². The molecule has 0 heterocycles. The maximum atomic E-state index is 12.6. The van der Waals surface area contributed by atoms with Gasteiger partial charge in [0.2, 0.25) is 0 Å². The number of aromatic hydroxyl groups is 1. The number of carbonyl (C=O) groups excluding carboxylic acids is 1. The third-order valence-electron chi connectivity index (χ3n) is 2.99. The molecule has 0 aromatic heterocycles. The summed E-state index contributed by atoms with van der Waals surface area (Å²) in [6.45, 7) is 0.397. The second-order valence-corrected chi connectivity index (χ2v) is 5.08. The number of hydrogen-bond donors (Lipinski definition) is 2. The monoisotopic (exact) mass is 300 g/mol. The molecule has 0 aliphatic rings. The van der Waals surface area contributed by atoms with Crippen molar-refractivity contribution >= 4 is 28.8 Å². The van der Waals surface area contributed by atoms with E-state index in [2.05, 4.69) is 0 Å². The Balaban J connectivity index is 2.30. The number of carbonyl (C=O) groups is 1. The first-order chi connectivity index (χ1) is 10.1. The van der Waals surface area contributed by atoms with Gasteiger partial charge in [0.25, 0.3) is 5.91 Å². The second-order valence-electron chi connectivity index (χ2n) is 4.56. The number of hydrogen-bond acceptors (Lipinski definition) is 3. The Morgan fingerprint density at radius 2 is 1.86 bits per heavy atom. The number of benzene rings is 2. The number of anilines is 1. The molecule has 3 N–H and O–H groups in total. The standard InChI is InChI=1S/C16H16N2O2S/c17-15(21)9-10-18(13-6-2-1-3-7-13)16(20)12-5-4-8-14(19)11-12/h1-8,11,19H,9-10H2,(H2,17,21). The van der Waals surface area contributed by atoms with Gasteiger partial charge in [0.1, 0.15) is 5.75 Å². The van der Waals surface area contributed by atoms with Crippen molar-refractivity contribution in [2.24, 2.45) is 5.73 Å². The molecule has 0 saturated heterocycles. The Morgan fingerprint density at radius 1 is 1.14 bits per heavy atom. The lowest BCUT2D eigenvalue weighted by molar-refractivity contribution is 0.0987. The van der Waals surface area contributed by atoms with Crippen LogP contribution in [0.5, 0.6) is 5.75 Å². The number of nitrogens with two attached hydrogens (primary N) is 1. The van der Waals surface area contributed by atoms with Gasteiger partial charge in [0.15, 0.2) is 0 Å². The van der Waals surface area contributed by atoms with E-state index in [9.17, 15) is 9.90 Å². The zero-order chi connectivity index (χ0) is 15.2. The summed E-state index contributed by atoms with van der Waals surface area (Å²) in [5.74, 6) is -0.142. The summed E-state index contributed by atoms with van der Waals surface area (Å²) in [6, 6.07) is 15.6. The van der Waals surface area contributed by atoms with Crippen LogP contribution in [0.25, 0.3) is 0 Å². The molecule has 0 bridgehead atoms. The molecule has 0 fully saturated rings. The maximum absolute atomic E-state index is 12.6. The van der Waals surface area contributed by atoms with Gasteiger partial charge >= 0.3 is 0 Å². The number of phenols is 1. The van der Waals surface area contributed by atoms with Crippen molar-refractivity contribution < 1.29 is 9.90 Å².